The second kappa shape index (κ2) is 7.14. The standard InChI is InChI=1S/C19H19N3O2/c20-12-9-15-10-13-21(14-11-15)19-4-2-1-3-18(19)16-5-7-17(8-6-16)22(23)24/h1-8,15H,9-11,13-14H2. The van der Waals surface area contributed by atoms with E-state index < -0.39 is 0 Å². The second-order valence-electron chi connectivity index (χ2n) is 6.11. The van der Waals surface area contributed by atoms with Crippen LogP contribution in [-0.2, 0) is 0 Å². The normalized spacial score (nSPS) is 15.0. The number of nitro benzene ring substituents is 1. The van der Waals surface area contributed by atoms with Gasteiger partial charge in [-0.2, -0.15) is 5.26 Å². The number of anilines is 1. The number of nitriles is 1. The monoisotopic (exact) mass is 321 g/mol. The summed E-state index contributed by atoms with van der Waals surface area (Å²) in [6, 6.07) is 17.1. The van der Waals surface area contributed by atoms with Crippen LogP contribution < -0.4 is 4.90 Å². The van der Waals surface area contributed by atoms with Crippen LogP contribution in [0.5, 0.6) is 0 Å². The van der Waals surface area contributed by atoms with E-state index in [2.05, 4.69) is 23.1 Å². The molecule has 1 fully saturated rings. The smallest absolute Gasteiger partial charge is 0.269 e. The average Bonchev–Trinajstić information content (AvgIpc) is 2.63. The van der Waals surface area contributed by atoms with Gasteiger partial charge >= 0.3 is 0 Å². The van der Waals surface area contributed by atoms with E-state index in [1.807, 2.05) is 12.1 Å². The Kier molecular flexibility index (Phi) is 4.76. The van der Waals surface area contributed by atoms with E-state index in [-0.39, 0.29) is 10.6 Å². The first-order valence-electron chi connectivity index (χ1n) is 8.15. The lowest BCUT2D eigenvalue weighted by Gasteiger charge is -2.34. The molecule has 5 nitrogen and oxygen atoms in total. The van der Waals surface area contributed by atoms with Gasteiger partial charge in [-0.1, -0.05) is 18.2 Å². The summed E-state index contributed by atoms with van der Waals surface area (Å²) in [7, 11) is 0. The van der Waals surface area contributed by atoms with Gasteiger partial charge in [0, 0.05) is 42.9 Å². The summed E-state index contributed by atoms with van der Waals surface area (Å²) in [5, 5.41) is 19.7. The Morgan fingerprint density at radius 2 is 1.79 bits per heavy atom. The Bertz CT molecular complexity index is 757. The summed E-state index contributed by atoms with van der Waals surface area (Å²) in [6.07, 6.45) is 2.70. The molecule has 0 atom stereocenters. The molecule has 0 radical (unpaired) electrons. The maximum atomic E-state index is 10.8. The van der Waals surface area contributed by atoms with Crippen molar-refractivity contribution in [3.8, 4) is 17.2 Å². The molecule has 3 rings (SSSR count). The molecule has 0 aromatic heterocycles. The van der Waals surface area contributed by atoms with Crippen molar-refractivity contribution in [3.05, 3.63) is 58.6 Å². The molecule has 24 heavy (non-hydrogen) atoms. The topological polar surface area (TPSA) is 70.2 Å². The van der Waals surface area contributed by atoms with Gasteiger partial charge in [0.25, 0.3) is 5.69 Å². The number of para-hydroxylation sites is 1. The first-order valence-corrected chi connectivity index (χ1v) is 8.15. The summed E-state index contributed by atoms with van der Waals surface area (Å²) in [5.74, 6) is 0.498. The lowest BCUT2D eigenvalue weighted by atomic mass is 9.93. The van der Waals surface area contributed by atoms with E-state index in [1.165, 1.54) is 0 Å². The van der Waals surface area contributed by atoms with Crippen LogP contribution >= 0.6 is 0 Å². The van der Waals surface area contributed by atoms with Gasteiger partial charge in [0.15, 0.2) is 0 Å². The van der Waals surface area contributed by atoms with Crippen molar-refractivity contribution in [1.29, 1.82) is 5.26 Å². The molecule has 5 heteroatoms. The lowest BCUT2D eigenvalue weighted by Crippen LogP contribution is -2.33. The van der Waals surface area contributed by atoms with Crippen LogP contribution in [0.2, 0.25) is 0 Å². The Morgan fingerprint density at radius 3 is 2.42 bits per heavy atom. The molecule has 1 aliphatic heterocycles. The first-order chi connectivity index (χ1) is 11.7. The Hall–Kier alpha value is -2.87. The number of nitrogens with zero attached hydrogens (tertiary/aromatic N) is 3. The van der Waals surface area contributed by atoms with Crippen molar-refractivity contribution >= 4 is 11.4 Å². The van der Waals surface area contributed by atoms with E-state index in [0.717, 1.165) is 42.7 Å². The third kappa shape index (κ3) is 3.38. The SMILES string of the molecule is N#CCC1CCN(c2ccccc2-c2ccc([N+](=O)[O-])cc2)CC1. The highest BCUT2D eigenvalue weighted by atomic mass is 16.6. The summed E-state index contributed by atoms with van der Waals surface area (Å²) >= 11 is 0. The highest BCUT2D eigenvalue weighted by Gasteiger charge is 2.21. The molecule has 0 N–H and O–H groups in total. The summed E-state index contributed by atoms with van der Waals surface area (Å²) in [4.78, 5) is 12.8. The van der Waals surface area contributed by atoms with Gasteiger partial charge < -0.3 is 4.90 Å². The van der Waals surface area contributed by atoms with Gasteiger partial charge in [-0.05, 0) is 42.5 Å². The maximum Gasteiger partial charge on any atom is 0.269 e. The van der Waals surface area contributed by atoms with Crippen LogP contribution in [0.15, 0.2) is 48.5 Å². The highest BCUT2D eigenvalue weighted by molar-refractivity contribution is 5.79. The predicted molar refractivity (Wildman–Crippen MR) is 93.7 cm³/mol. The second-order valence-corrected chi connectivity index (χ2v) is 6.11. The predicted octanol–water partition coefficient (Wildman–Crippen LogP) is 4.39. The van der Waals surface area contributed by atoms with E-state index in [0.29, 0.717) is 12.3 Å². The van der Waals surface area contributed by atoms with E-state index in [9.17, 15) is 10.1 Å². The molecule has 1 heterocycles. The number of hydrogen-bond acceptors (Lipinski definition) is 4. The number of nitro groups is 1. The maximum absolute atomic E-state index is 10.8. The molecule has 1 aliphatic rings. The van der Waals surface area contributed by atoms with Crippen molar-refractivity contribution in [1.82, 2.24) is 0 Å². The van der Waals surface area contributed by atoms with Gasteiger partial charge in [-0.25, -0.2) is 0 Å². The minimum Gasteiger partial charge on any atom is -0.371 e. The number of piperidine rings is 1. The third-order valence-electron chi connectivity index (χ3n) is 4.63. The van der Waals surface area contributed by atoms with Crippen LogP contribution in [0.3, 0.4) is 0 Å². The van der Waals surface area contributed by atoms with Crippen LogP contribution in [0, 0.1) is 27.4 Å². The largest absolute Gasteiger partial charge is 0.371 e. The molecular formula is C19H19N3O2. The minimum atomic E-state index is -0.379. The molecule has 2 aromatic rings. The first kappa shape index (κ1) is 16.0. The zero-order chi connectivity index (χ0) is 16.9. The number of benzene rings is 2. The Morgan fingerprint density at radius 1 is 1.12 bits per heavy atom. The van der Waals surface area contributed by atoms with Crippen LogP contribution in [0.1, 0.15) is 19.3 Å². The molecule has 0 spiro atoms. The molecular weight excluding hydrogens is 302 g/mol. The van der Waals surface area contributed by atoms with Gasteiger partial charge in [0.2, 0.25) is 0 Å². The van der Waals surface area contributed by atoms with Crippen LogP contribution in [0.25, 0.3) is 11.1 Å². The fourth-order valence-corrected chi connectivity index (χ4v) is 3.26. The number of hydrogen-bond donors (Lipinski definition) is 0. The quantitative estimate of drug-likeness (QED) is 0.618. The molecule has 0 bridgehead atoms. The summed E-state index contributed by atoms with van der Waals surface area (Å²) < 4.78 is 0. The van der Waals surface area contributed by atoms with Gasteiger partial charge in [-0.3, -0.25) is 10.1 Å². The van der Waals surface area contributed by atoms with Gasteiger partial charge in [0.1, 0.15) is 0 Å². The molecule has 0 saturated carbocycles. The fourth-order valence-electron chi connectivity index (χ4n) is 3.26. The van der Waals surface area contributed by atoms with E-state index in [4.69, 9.17) is 5.26 Å². The lowest BCUT2D eigenvalue weighted by molar-refractivity contribution is -0.384. The zero-order valence-corrected chi connectivity index (χ0v) is 13.4. The molecule has 0 aliphatic carbocycles. The molecule has 0 unspecified atom stereocenters. The van der Waals surface area contributed by atoms with Crippen LogP contribution in [0.4, 0.5) is 11.4 Å². The number of rotatable bonds is 4. The summed E-state index contributed by atoms with van der Waals surface area (Å²) in [6.45, 7) is 1.88. The number of non-ortho nitro benzene ring substituents is 1. The van der Waals surface area contributed by atoms with Crippen molar-refractivity contribution in [2.24, 2.45) is 5.92 Å². The van der Waals surface area contributed by atoms with Crippen molar-refractivity contribution in [3.63, 3.8) is 0 Å². The zero-order valence-electron chi connectivity index (χ0n) is 13.4. The average molecular weight is 321 g/mol. The van der Waals surface area contributed by atoms with Crippen molar-refractivity contribution < 1.29 is 4.92 Å². The third-order valence-corrected chi connectivity index (χ3v) is 4.63. The van der Waals surface area contributed by atoms with Gasteiger partial charge in [0.05, 0.1) is 11.0 Å². The molecule has 0 amide bonds. The summed E-state index contributed by atoms with van der Waals surface area (Å²) in [5.41, 5.74) is 3.33. The molecule has 2 aromatic carbocycles. The van der Waals surface area contributed by atoms with E-state index >= 15 is 0 Å². The minimum absolute atomic E-state index is 0.105. The van der Waals surface area contributed by atoms with Crippen molar-refractivity contribution in [2.75, 3.05) is 18.0 Å². The van der Waals surface area contributed by atoms with Crippen LogP contribution in [-0.4, -0.2) is 18.0 Å². The van der Waals surface area contributed by atoms with Crippen molar-refractivity contribution in [2.45, 2.75) is 19.3 Å². The fraction of sp³-hybridized carbons (Fsp3) is 0.316. The highest BCUT2D eigenvalue weighted by Crippen LogP contribution is 2.34. The Labute approximate surface area is 141 Å². The Balaban J connectivity index is 1.84. The van der Waals surface area contributed by atoms with E-state index in [1.54, 1.807) is 24.3 Å². The molecule has 122 valence electrons. The van der Waals surface area contributed by atoms with Gasteiger partial charge in [-0.15, -0.1) is 0 Å². The molecule has 1 saturated heterocycles.